The minimum atomic E-state index is -1.33. The molecule has 2 aromatic rings. The molecule has 0 saturated carbocycles. The number of esters is 1. The molecule has 176 valence electrons. The van der Waals surface area contributed by atoms with Gasteiger partial charge in [0.05, 0.1) is 17.1 Å². The van der Waals surface area contributed by atoms with Crippen molar-refractivity contribution in [1.82, 2.24) is 14.9 Å². The number of thioether (sulfide) groups is 1. The summed E-state index contributed by atoms with van der Waals surface area (Å²) in [6.07, 6.45) is 1.62. The Bertz CT molecular complexity index is 1090. The summed E-state index contributed by atoms with van der Waals surface area (Å²) in [5, 5.41) is 23.8. The molecular weight excluding hydrogens is 458 g/mol. The molecular formula is C19H21N5O8S. The number of carbonyl (C=O) groups is 3. The Labute approximate surface area is 192 Å². The molecule has 2 N–H and O–H groups in total. The maximum absolute atomic E-state index is 12.3. The van der Waals surface area contributed by atoms with Gasteiger partial charge in [0.1, 0.15) is 12.3 Å². The number of carboxylic acid groups (broad SMARTS) is 1. The number of carbonyl (C=O) groups excluding carboxylic acids is 2. The van der Waals surface area contributed by atoms with Gasteiger partial charge in [-0.2, -0.15) is 9.97 Å². The molecule has 13 nitrogen and oxygen atoms in total. The summed E-state index contributed by atoms with van der Waals surface area (Å²) in [5.74, 6) is -3.43. The molecule has 1 amide bonds. The second kappa shape index (κ2) is 11.1. The van der Waals surface area contributed by atoms with E-state index in [0.29, 0.717) is 0 Å². The fourth-order valence-electron chi connectivity index (χ4n) is 2.51. The normalized spacial score (nSPS) is 10.3. The van der Waals surface area contributed by atoms with E-state index in [-0.39, 0.29) is 34.5 Å². The Hall–Kier alpha value is -3.94. The number of ether oxygens (including phenoxy) is 2. The molecule has 33 heavy (non-hydrogen) atoms. The van der Waals surface area contributed by atoms with Gasteiger partial charge in [0.15, 0.2) is 5.16 Å². The highest BCUT2D eigenvalue weighted by molar-refractivity contribution is 7.98. The van der Waals surface area contributed by atoms with Crippen LogP contribution in [0.3, 0.4) is 0 Å². The van der Waals surface area contributed by atoms with E-state index in [0.717, 1.165) is 23.9 Å². The first-order valence-corrected chi connectivity index (χ1v) is 10.6. The van der Waals surface area contributed by atoms with Gasteiger partial charge in [0, 0.05) is 19.7 Å². The molecule has 0 unspecified atom stereocenters. The van der Waals surface area contributed by atoms with Crippen molar-refractivity contribution in [2.24, 2.45) is 0 Å². The van der Waals surface area contributed by atoms with E-state index in [1.165, 1.54) is 25.1 Å². The maximum Gasteiger partial charge on any atom is 0.373 e. The fourth-order valence-corrected chi connectivity index (χ4v) is 2.86. The first kappa shape index (κ1) is 25.3. The van der Waals surface area contributed by atoms with Gasteiger partial charge < -0.3 is 24.8 Å². The highest BCUT2D eigenvalue weighted by Gasteiger charge is 2.28. The number of amides is 1. The average molecular weight is 479 g/mol. The third-order valence-corrected chi connectivity index (χ3v) is 4.47. The molecule has 0 aliphatic heterocycles. The van der Waals surface area contributed by atoms with Crippen LogP contribution in [0.1, 0.15) is 27.6 Å². The van der Waals surface area contributed by atoms with Gasteiger partial charge in [-0.05, 0) is 31.4 Å². The Morgan fingerprint density at radius 3 is 2.42 bits per heavy atom. The lowest BCUT2D eigenvalue weighted by Crippen LogP contribution is -2.22. The number of nitrogens with one attached hydrogen (secondary N) is 1. The van der Waals surface area contributed by atoms with Crippen LogP contribution < -0.4 is 10.1 Å². The van der Waals surface area contributed by atoms with Crippen LogP contribution in [0.4, 0.5) is 11.5 Å². The predicted molar refractivity (Wildman–Crippen MR) is 117 cm³/mol. The molecule has 1 heterocycles. The number of aromatic nitrogens is 2. The summed E-state index contributed by atoms with van der Waals surface area (Å²) in [6.45, 7) is 1.35. The molecule has 14 heteroatoms. The number of anilines is 1. The Morgan fingerprint density at radius 2 is 1.88 bits per heavy atom. The number of aromatic carboxylic acids is 1. The van der Waals surface area contributed by atoms with Crippen LogP contribution in [0.15, 0.2) is 23.4 Å². The largest absolute Gasteiger partial charge is 0.478 e. The molecule has 0 spiro atoms. The van der Waals surface area contributed by atoms with Crippen molar-refractivity contribution in [2.75, 3.05) is 38.8 Å². The Morgan fingerprint density at radius 1 is 1.21 bits per heavy atom. The van der Waals surface area contributed by atoms with Crippen molar-refractivity contribution in [3.8, 4) is 11.6 Å². The second-order valence-corrected chi connectivity index (χ2v) is 7.25. The molecule has 2 rings (SSSR count). The van der Waals surface area contributed by atoms with Crippen molar-refractivity contribution >= 4 is 41.1 Å². The fraction of sp³-hybridized carbons (Fsp3) is 0.316. The molecule has 0 fully saturated rings. The van der Waals surface area contributed by atoms with Gasteiger partial charge in [-0.25, -0.2) is 4.79 Å². The molecule has 0 saturated heterocycles. The summed E-state index contributed by atoms with van der Waals surface area (Å²) < 4.78 is 10.4. The van der Waals surface area contributed by atoms with Crippen molar-refractivity contribution < 1.29 is 33.9 Å². The zero-order valence-corrected chi connectivity index (χ0v) is 19.0. The highest BCUT2D eigenvalue weighted by atomic mass is 32.2. The number of hydrogen-bond acceptors (Lipinski definition) is 11. The predicted octanol–water partition coefficient (Wildman–Crippen LogP) is 2.27. The number of hydrogen-bond donors (Lipinski definition) is 2. The zero-order valence-electron chi connectivity index (χ0n) is 18.1. The van der Waals surface area contributed by atoms with Crippen LogP contribution in [-0.2, 0) is 9.53 Å². The van der Waals surface area contributed by atoms with Gasteiger partial charge in [0.2, 0.25) is 5.82 Å². The molecule has 1 aromatic heterocycles. The standard InChI is InChI=1S/C19H21N5O8S/c1-5-31-13(25)9-20-15-14(24(29)30)16(22-19(21-15)33-4)32-12-7-10(17(26)23(2)3)6-11(8-12)18(27)28/h6-8H,5,9H2,1-4H3,(H,27,28)(H,20,21,22). The Balaban J connectivity index is 2.56. The highest BCUT2D eigenvalue weighted by Crippen LogP contribution is 2.37. The van der Waals surface area contributed by atoms with E-state index in [9.17, 15) is 29.6 Å². The van der Waals surface area contributed by atoms with Crippen LogP contribution in [0.2, 0.25) is 0 Å². The lowest BCUT2D eigenvalue weighted by Gasteiger charge is -2.14. The van der Waals surface area contributed by atoms with E-state index in [4.69, 9.17) is 9.47 Å². The van der Waals surface area contributed by atoms with Gasteiger partial charge in [-0.3, -0.25) is 19.7 Å². The monoisotopic (exact) mass is 479 g/mol. The summed E-state index contributed by atoms with van der Waals surface area (Å²) in [5.41, 5.74) is -0.948. The van der Waals surface area contributed by atoms with Crippen LogP contribution in [0, 0.1) is 10.1 Å². The average Bonchev–Trinajstić information content (AvgIpc) is 2.76. The lowest BCUT2D eigenvalue weighted by molar-refractivity contribution is -0.385. The molecule has 0 aliphatic carbocycles. The smallest absolute Gasteiger partial charge is 0.373 e. The second-order valence-electron chi connectivity index (χ2n) is 6.48. The van der Waals surface area contributed by atoms with Gasteiger partial charge in [-0.15, -0.1) is 0 Å². The first-order chi connectivity index (χ1) is 15.6. The van der Waals surface area contributed by atoms with Crippen LogP contribution in [0.25, 0.3) is 0 Å². The third-order valence-electron chi connectivity index (χ3n) is 3.92. The van der Waals surface area contributed by atoms with E-state index in [1.807, 2.05) is 0 Å². The quantitative estimate of drug-likeness (QED) is 0.167. The van der Waals surface area contributed by atoms with E-state index < -0.39 is 40.9 Å². The summed E-state index contributed by atoms with van der Waals surface area (Å²) in [7, 11) is 2.97. The topological polar surface area (TPSA) is 174 Å². The SMILES string of the molecule is CCOC(=O)CNc1nc(SC)nc(Oc2cc(C(=O)O)cc(C(=O)N(C)C)c2)c1[N+](=O)[O-]. The number of carboxylic acids is 1. The van der Waals surface area contributed by atoms with Crippen molar-refractivity contribution in [3.63, 3.8) is 0 Å². The van der Waals surface area contributed by atoms with Crippen LogP contribution in [-0.4, -0.2) is 76.2 Å². The molecule has 0 aliphatic rings. The summed E-state index contributed by atoms with van der Waals surface area (Å²) >= 11 is 1.06. The van der Waals surface area contributed by atoms with Crippen molar-refractivity contribution in [2.45, 2.75) is 12.1 Å². The maximum atomic E-state index is 12.3. The van der Waals surface area contributed by atoms with E-state index in [1.54, 1.807) is 13.2 Å². The molecule has 0 bridgehead atoms. The van der Waals surface area contributed by atoms with Crippen molar-refractivity contribution in [1.29, 1.82) is 0 Å². The summed E-state index contributed by atoms with van der Waals surface area (Å²) in [6, 6.07) is 3.50. The molecule has 0 atom stereocenters. The molecule has 1 aromatic carbocycles. The number of nitro groups is 1. The first-order valence-electron chi connectivity index (χ1n) is 9.35. The summed E-state index contributed by atoms with van der Waals surface area (Å²) in [4.78, 5) is 55.7. The molecule has 0 radical (unpaired) electrons. The third kappa shape index (κ3) is 6.52. The van der Waals surface area contributed by atoms with Crippen LogP contribution in [0.5, 0.6) is 11.6 Å². The zero-order chi connectivity index (χ0) is 24.7. The van der Waals surface area contributed by atoms with Gasteiger partial charge in [-0.1, -0.05) is 11.8 Å². The van der Waals surface area contributed by atoms with E-state index >= 15 is 0 Å². The van der Waals surface area contributed by atoms with Crippen molar-refractivity contribution in [3.05, 3.63) is 39.4 Å². The van der Waals surface area contributed by atoms with E-state index in [2.05, 4.69) is 15.3 Å². The Kier molecular flexibility index (Phi) is 8.50. The number of rotatable bonds is 10. The number of benzene rings is 1. The lowest BCUT2D eigenvalue weighted by atomic mass is 10.1. The minimum Gasteiger partial charge on any atom is -0.478 e. The van der Waals surface area contributed by atoms with Crippen LogP contribution >= 0.6 is 11.8 Å². The minimum absolute atomic E-state index is 0.00245. The van der Waals surface area contributed by atoms with Gasteiger partial charge >= 0.3 is 23.5 Å². The number of nitrogens with zero attached hydrogens (tertiary/aromatic N) is 4. The van der Waals surface area contributed by atoms with Gasteiger partial charge in [0.25, 0.3) is 5.91 Å².